The van der Waals surface area contributed by atoms with Gasteiger partial charge in [-0.1, -0.05) is 30.7 Å². The van der Waals surface area contributed by atoms with E-state index in [9.17, 15) is 17.6 Å². The maximum absolute atomic E-state index is 14.3. The first-order valence-corrected chi connectivity index (χ1v) is 11.8. The minimum atomic E-state index is -3.81. The zero-order valence-corrected chi connectivity index (χ0v) is 18.7. The molecular formula is C21H25ClFN3O4S. The molecule has 10 heteroatoms. The maximum Gasteiger partial charge on any atom is 0.254 e. The average Bonchev–Trinajstić information content (AvgIpc) is 2.76. The smallest absolute Gasteiger partial charge is 0.254 e. The molecule has 1 heterocycles. The molecule has 1 amide bonds. The van der Waals surface area contributed by atoms with E-state index in [1.807, 2.05) is 12.1 Å². The standard InChI is InChI=1S/C21H25ClFN3O4S/c1-2-25-31(28,29)17-7-8-19(23)18(13-17)21(27)24-14-20(26-9-11-30-12-10-26)15-3-5-16(22)6-4-15/h3-8,13,20,25H,2,9-12,14H2,1H3,(H,24,27). The molecule has 31 heavy (non-hydrogen) atoms. The highest BCUT2D eigenvalue weighted by atomic mass is 35.5. The van der Waals surface area contributed by atoms with Crippen LogP contribution >= 0.6 is 11.6 Å². The Hall–Kier alpha value is -2.04. The Morgan fingerprint density at radius 3 is 2.52 bits per heavy atom. The molecule has 2 aromatic rings. The van der Waals surface area contributed by atoms with Crippen LogP contribution in [0.15, 0.2) is 47.4 Å². The molecule has 0 aliphatic carbocycles. The van der Waals surface area contributed by atoms with Crippen molar-refractivity contribution in [2.24, 2.45) is 0 Å². The molecule has 1 atom stereocenters. The molecule has 3 rings (SSSR count). The summed E-state index contributed by atoms with van der Waals surface area (Å²) in [5.41, 5.74) is 0.631. The minimum absolute atomic E-state index is 0.164. The van der Waals surface area contributed by atoms with Crippen LogP contribution < -0.4 is 10.0 Å². The van der Waals surface area contributed by atoms with Crippen LogP contribution in [-0.4, -0.2) is 58.6 Å². The zero-order valence-electron chi connectivity index (χ0n) is 17.1. The predicted molar refractivity (Wildman–Crippen MR) is 116 cm³/mol. The van der Waals surface area contributed by atoms with Gasteiger partial charge in [-0.15, -0.1) is 0 Å². The van der Waals surface area contributed by atoms with Crippen molar-refractivity contribution in [3.05, 3.63) is 64.4 Å². The number of benzene rings is 2. The lowest BCUT2D eigenvalue weighted by molar-refractivity contribution is 0.0162. The van der Waals surface area contributed by atoms with Gasteiger partial charge in [0.25, 0.3) is 5.91 Å². The zero-order chi connectivity index (χ0) is 22.4. The Kier molecular flexibility index (Phi) is 8.01. The molecular weight excluding hydrogens is 445 g/mol. The number of halogens is 2. The number of carbonyl (C=O) groups is 1. The molecule has 0 radical (unpaired) electrons. The molecule has 0 bridgehead atoms. The van der Waals surface area contributed by atoms with Gasteiger partial charge in [0.1, 0.15) is 5.82 Å². The summed E-state index contributed by atoms with van der Waals surface area (Å²) in [6.07, 6.45) is 0. The van der Waals surface area contributed by atoms with E-state index < -0.39 is 21.7 Å². The van der Waals surface area contributed by atoms with E-state index in [0.717, 1.165) is 23.8 Å². The van der Waals surface area contributed by atoms with Gasteiger partial charge < -0.3 is 10.1 Å². The number of ether oxygens (including phenoxy) is 1. The largest absolute Gasteiger partial charge is 0.379 e. The quantitative estimate of drug-likeness (QED) is 0.620. The number of nitrogens with zero attached hydrogens (tertiary/aromatic N) is 1. The van der Waals surface area contributed by atoms with Gasteiger partial charge in [-0.25, -0.2) is 17.5 Å². The van der Waals surface area contributed by atoms with E-state index in [0.29, 0.717) is 31.3 Å². The number of hydrogen-bond donors (Lipinski definition) is 2. The number of morpholine rings is 1. The maximum atomic E-state index is 14.3. The second-order valence-corrected chi connectivity index (χ2v) is 9.27. The fraction of sp³-hybridized carbons (Fsp3) is 0.381. The highest BCUT2D eigenvalue weighted by molar-refractivity contribution is 7.89. The molecule has 2 N–H and O–H groups in total. The lowest BCUT2D eigenvalue weighted by Crippen LogP contribution is -2.44. The average molecular weight is 470 g/mol. The van der Waals surface area contributed by atoms with Crippen LogP contribution in [0, 0.1) is 5.82 Å². The van der Waals surface area contributed by atoms with Gasteiger partial charge >= 0.3 is 0 Å². The number of rotatable bonds is 8. The van der Waals surface area contributed by atoms with Crippen molar-refractivity contribution in [1.29, 1.82) is 0 Å². The van der Waals surface area contributed by atoms with Crippen LogP contribution in [-0.2, 0) is 14.8 Å². The summed E-state index contributed by atoms with van der Waals surface area (Å²) in [5, 5.41) is 3.36. The highest BCUT2D eigenvalue weighted by Crippen LogP contribution is 2.23. The number of nitrogens with one attached hydrogen (secondary N) is 2. The summed E-state index contributed by atoms with van der Waals surface area (Å²) in [5.74, 6) is -1.47. The topological polar surface area (TPSA) is 87.7 Å². The highest BCUT2D eigenvalue weighted by Gasteiger charge is 2.25. The minimum Gasteiger partial charge on any atom is -0.379 e. The van der Waals surface area contributed by atoms with Crippen molar-refractivity contribution >= 4 is 27.5 Å². The summed E-state index contributed by atoms with van der Waals surface area (Å²) in [6, 6.07) is 10.3. The predicted octanol–water partition coefficient (Wildman–Crippen LogP) is 2.58. The first-order valence-electron chi connectivity index (χ1n) is 9.96. The summed E-state index contributed by atoms with van der Waals surface area (Å²) in [4.78, 5) is 14.8. The third-order valence-electron chi connectivity index (χ3n) is 5.02. The molecule has 168 valence electrons. The molecule has 0 aromatic heterocycles. The molecule has 1 saturated heterocycles. The molecule has 1 fully saturated rings. The monoisotopic (exact) mass is 469 g/mol. The first-order chi connectivity index (χ1) is 14.8. The number of hydrogen-bond acceptors (Lipinski definition) is 5. The van der Waals surface area contributed by atoms with Crippen LogP contribution in [0.25, 0.3) is 0 Å². The Bertz CT molecular complexity index is 1010. The van der Waals surface area contributed by atoms with E-state index in [-0.39, 0.29) is 29.6 Å². The van der Waals surface area contributed by atoms with Crippen LogP contribution in [0.4, 0.5) is 4.39 Å². The van der Waals surface area contributed by atoms with Gasteiger partial charge in [-0.2, -0.15) is 0 Å². The second kappa shape index (κ2) is 10.5. The van der Waals surface area contributed by atoms with Crippen LogP contribution in [0.2, 0.25) is 5.02 Å². The van der Waals surface area contributed by atoms with Crippen molar-refractivity contribution in [2.75, 3.05) is 39.4 Å². The first kappa shape index (κ1) is 23.6. The number of amides is 1. The van der Waals surface area contributed by atoms with Gasteiger partial charge in [-0.3, -0.25) is 9.69 Å². The summed E-state index contributed by atoms with van der Waals surface area (Å²) >= 11 is 6.00. The normalized spacial score (nSPS) is 16.1. The van der Waals surface area contributed by atoms with Crippen molar-refractivity contribution in [1.82, 2.24) is 14.9 Å². The third-order valence-corrected chi connectivity index (χ3v) is 6.82. The Labute approximate surface area is 186 Å². The van der Waals surface area contributed by atoms with Crippen LogP contribution in [0.5, 0.6) is 0 Å². The second-order valence-electron chi connectivity index (χ2n) is 7.07. The van der Waals surface area contributed by atoms with E-state index in [4.69, 9.17) is 16.3 Å². The van der Waals surface area contributed by atoms with Gasteiger partial charge in [0.15, 0.2) is 0 Å². The van der Waals surface area contributed by atoms with Crippen molar-refractivity contribution in [3.8, 4) is 0 Å². The molecule has 0 spiro atoms. The number of sulfonamides is 1. The van der Waals surface area contributed by atoms with E-state index in [1.165, 1.54) is 0 Å². The van der Waals surface area contributed by atoms with Crippen molar-refractivity contribution in [3.63, 3.8) is 0 Å². The van der Waals surface area contributed by atoms with Gasteiger partial charge in [0.2, 0.25) is 10.0 Å². The lowest BCUT2D eigenvalue weighted by Gasteiger charge is -2.35. The van der Waals surface area contributed by atoms with E-state index in [2.05, 4.69) is 14.9 Å². The fourth-order valence-electron chi connectivity index (χ4n) is 3.44. The SMILES string of the molecule is CCNS(=O)(=O)c1ccc(F)c(C(=O)NCC(c2ccc(Cl)cc2)N2CCOCC2)c1. The lowest BCUT2D eigenvalue weighted by atomic mass is 10.0. The molecule has 1 aliphatic heterocycles. The molecule has 1 unspecified atom stereocenters. The summed E-state index contributed by atoms with van der Waals surface area (Å²) in [7, 11) is -3.81. The number of carbonyl (C=O) groups excluding carboxylic acids is 1. The van der Waals surface area contributed by atoms with Gasteiger partial charge in [0, 0.05) is 31.2 Å². The van der Waals surface area contributed by atoms with Crippen molar-refractivity contribution < 1.29 is 22.3 Å². The summed E-state index contributed by atoms with van der Waals surface area (Å²) < 4.78 is 46.5. The van der Waals surface area contributed by atoms with Crippen molar-refractivity contribution in [2.45, 2.75) is 17.9 Å². The molecule has 7 nitrogen and oxygen atoms in total. The Morgan fingerprint density at radius 2 is 1.87 bits per heavy atom. The molecule has 2 aromatic carbocycles. The van der Waals surface area contributed by atoms with Crippen LogP contribution in [0.3, 0.4) is 0 Å². The Morgan fingerprint density at radius 1 is 1.19 bits per heavy atom. The summed E-state index contributed by atoms with van der Waals surface area (Å²) in [6.45, 7) is 4.57. The van der Waals surface area contributed by atoms with Crippen LogP contribution in [0.1, 0.15) is 28.9 Å². The fourth-order valence-corrected chi connectivity index (χ4v) is 4.63. The van der Waals surface area contributed by atoms with E-state index >= 15 is 0 Å². The third kappa shape index (κ3) is 6.02. The molecule has 1 aliphatic rings. The Balaban J connectivity index is 1.80. The molecule has 0 saturated carbocycles. The van der Waals surface area contributed by atoms with Gasteiger partial charge in [-0.05, 0) is 35.9 Å². The van der Waals surface area contributed by atoms with E-state index in [1.54, 1.807) is 19.1 Å². The van der Waals surface area contributed by atoms with Gasteiger partial charge in [0.05, 0.1) is 29.7 Å².